The molecule has 7 nitrogen and oxygen atoms in total. The quantitative estimate of drug-likeness (QED) is 0.575. The molecule has 0 saturated carbocycles. The minimum absolute atomic E-state index is 0.104. The second-order valence-corrected chi connectivity index (χ2v) is 7.80. The molecule has 1 amide bonds. The number of H-pyrrole nitrogens is 1. The van der Waals surface area contributed by atoms with Crippen LogP contribution in [-0.2, 0) is 10.0 Å². The summed E-state index contributed by atoms with van der Waals surface area (Å²) >= 11 is 0. The second kappa shape index (κ2) is 7.27. The summed E-state index contributed by atoms with van der Waals surface area (Å²) in [6, 6.07) is 10.1. The van der Waals surface area contributed by atoms with Gasteiger partial charge in [-0.25, -0.2) is 18.1 Å². The maximum Gasteiger partial charge on any atom is 0.251 e. The highest BCUT2D eigenvalue weighted by Gasteiger charge is 2.14. The van der Waals surface area contributed by atoms with Crippen LogP contribution in [0, 0.1) is 13.8 Å². The van der Waals surface area contributed by atoms with Gasteiger partial charge in [0.2, 0.25) is 10.0 Å². The van der Waals surface area contributed by atoms with Crippen molar-refractivity contribution < 1.29 is 13.2 Å². The van der Waals surface area contributed by atoms with Crippen LogP contribution in [0.3, 0.4) is 0 Å². The normalized spacial score (nSPS) is 11.6. The van der Waals surface area contributed by atoms with E-state index in [1.165, 1.54) is 0 Å². The first-order valence-electron chi connectivity index (χ1n) is 8.15. The van der Waals surface area contributed by atoms with E-state index in [9.17, 15) is 13.2 Å². The Bertz CT molecular complexity index is 1060. The van der Waals surface area contributed by atoms with Crippen LogP contribution < -0.4 is 10.0 Å². The Hall–Kier alpha value is -2.71. The molecule has 3 rings (SSSR count). The zero-order chi connectivity index (χ0) is 18.7. The molecule has 0 saturated heterocycles. The molecular formula is C18H20N4O3S. The van der Waals surface area contributed by atoms with Crippen molar-refractivity contribution in [2.24, 2.45) is 0 Å². The number of carbonyl (C=O) groups is 1. The van der Waals surface area contributed by atoms with E-state index in [4.69, 9.17) is 0 Å². The van der Waals surface area contributed by atoms with E-state index in [0.717, 1.165) is 22.2 Å². The van der Waals surface area contributed by atoms with Gasteiger partial charge in [0.15, 0.2) is 0 Å². The molecular weight excluding hydrogens is 352 g/mol. The molecule has 0 aliphatic rings. The van der Waals surface area contributed by atoms with Gasteiger partial charge < -0.3 is 10.3 Å². The summed E-state index contributed by atoms with van der Waals surface area (Å²) in [5.41, 5.74) is 3.98. The zero-order valence-electron chi connectivity index (χ0n) is 14.5. The first-order chi connectivity index (χ1) is 12.4. The number of nitrogens with one attached hydrogen (secondary N) is 3. The second-order valence-electron chi connectivity index (χ2n) is 6.03. The van der Waals surface area contributed by atoms with Crippen molar-refractivity contribution in [1.29, 1.82) is 0 Å². The first-order valence-corrected chi connectivity index (χ1v) is 9.63. The fourth-order valence-corrected chi connectivity index (χ4v) is 3.62. The molecule has 1 heterocycles. The highest BCUT2D eigenvalue weighted by atomic mass is 32.2. The van der Waals surface area contributed by atoms with E-state index in [0.29, 0.717) is 5.56 Å². The van der Waals surface area contributed by atoms with Crippen LogP contribution in [-0.4, -0.2) is 37.4 Å². The molecule has 8 heteroatoms. The van der Waals surface area contributed by atoms with Crippen molar-refractivity contribution in [2.75, 3.05) is 13.1 Å². The van der Waals surface area contributed by atoms with Gasteiger partial charge >= 0.3 is 0 Å². The van der Waals surface area contributed by atoms with Crippen LogP contribution in [0.5, 0.6) is 0 Å². The largest absolute Gasteiger partial charge is 0.351 e. The maximum absolute atomic E-state index is 12.3. The fraction of sp³-hybridized carbons (Fsp3) is 0.222. The molecule has 0 aliphatic carbocycles. The van der Waals surface area contributed by atoms with E-state index in [2.05, 4.69) is 20.0 Å². The number of hydrogen-bond acceptors (Lipinski definition) is 4. The summed E-state index contributed by atoms with van der Waals surface area (Å²) in [5.74, 6) is -0.271. The Balaban J connectivity index is 1.55. The summed E-state index contributed by atoms with van der Waals surface area (Å²) in [6.07, 6.45) is 1.56. The Morgan fingerprint density at radius 1 is 1.08 bits per heavy atom. The SMILES string of the molecule is Cc1ccc(S(=O)(=O)NCCNC(=O)c2ccc3nc[nH]c3c2)cc1C. The average molecular weight is 372 g/mol. The Morgan fingerprint density at radius 2 is 1.88 bits per heavy atom. The molecule has 1 aromatic heterocycles. The summed E-state index contributed by atoms with van der Waals surface area (Å²) in [6.45, 7) is 4.08. The monoisotopic (exact) mass is 372 g/mol. The van der Waals surface area contributed by atoms with Crippen LogP contribution in [0.4, 0.5) is 0 Å². The van der Waals surface area contributed by atoms with Gasteiger partial charge in [0.1, 0.15) is 0 Å². The van der Waals surface area contributed by atoms with Gasteiger partial charge in [-0.15, -0.1) is 0 Å². The molecule has 0 unspecified atom stereocenters. The number of aromatic nitrogens is 2. The van der Waals surface area contributed by atoms with Crippen LogP contribution in [0.1, 0.15) is 21.5 Å². The van der Waals surface area contributed by atoms with Crippen molar-refractivity contribution in [3.05, 3.63) is 59.4 Å². The predicted octanol–water partition coefficient (Wildman–Crippen LogP) is 1.89. The lowest BCUT2D eigenvalue weighted by molar-refractivity contribution is 0.0954. The van der Waals surface area contributed by atoms with Crippen LogP contribution in [0.25, 0.3) is 11.0 Å². The Morgan fingerprint density at radius 3 is 2.65 bits per heavy atom. The van der Waals surface area contributed by atoms with E-state index >= 15 is 0 Å². The highest BCUT2D eigenvalue weighted by molar-refractivity contribution is 7.89. The van der Waals surface area contributed by atoms with Gasteiger partial charge in [0, 0.05) is 18.7 Å². The summed E-state index contributed by atoms with van der Waals surface area (Å²) in [7, 11) is -3.60. The van der Waals surface area contributed by atoms with Crippen molar-refractivity contribution >= 4 is 27.0 Å². The number of amides is 1. The van der Waals surface area contributed by atoms with E-state index in [-0.39, 0.29) is 23.9 Å². The lowest BCUT2D eigenvalue weighted by Crippen LogP contribution is -2.34. The summed E-state index contributed by atoms with van der Waals surface area (Å²) < 4.78 is 27.1. The number of hydrogen-bond donors (Lipinski definition) is 3. The van der Waals surface area contributed by atoms with Crippen molar-refractivity contribution in [2.45, 2.75) is 18.7 Å². The van der Waals surface area contributed by atoms with Gasteiger partial charge in [0.25, 0.3) is 5.91 Å². The minimum atomic E-state index is -3.60. The first kappa shape index (κ1) is 18.1. The third-order valence-electron chi connectivity index (χ3n) is 4.17. The van der Waals surface area contributed by atoms with Gasteiger partial charge in [0.05, 0.1) is 22.3 Å². The maximum atomic E-state index is 12.3. The standard InChI is InChI=1S/C18H20N4O3S/c1-12-3-5-15(9-13(12)2)26(24,25)22-8-7-19-18(23)14-4-6-16-17(10-14)21-11-20-16/h3-6,9-11,22H,7-8H2,1-2H3,(H,19,23)(H,20,21). The van der Waals surface area contributed by atoms with Gasteiger partial charge in [-0.1, -0.05) is 6.07 Å². The van der Waals surface area contributed by atoms with E-state index in [1.54, 1.807) is 42.7 Å². The topological polar surface area (TPSA) is 104 Å². The summed E-state index contributed by atoms with van der Waals surface area (Å²) in [4.78, 5) is 19.4. The fourth-order valence-electron chi connectivity index (χ4n) is 2.50. The highest BCUT2D eigenvalue weighted by Crippen LogP contribution is 2.14. The number of fused-ring (bicyclic) bond motifs is 1. The Labute approximate surface area is 151 Å². The molecule has 0 atom stereocenters. The number of sulfonamides is 1. The molecule has 0 radical (unpaired) electrons. The number of carbonyl (C=O) groups excluding carboxylic acids is 1. The lowest BCUT2D eigenvalue weighted by atomic mass is 10.1. The van der Waals surface area contributed by atoms with Gasteiger partial charge in [-0.3, -0.25) is 4.79 Å². The number of rotatable bonds is 6. The zero-order valence-corrected chi connectivity index (χ0v) is 15.4. The number of nitrogens with zero attached hydrogens (tertiary/aromatic N) is 1. The molecule has 0 aliphatic heterocycles. The molecule has 0 spiro atoms. The number of aryl methyl sites for hydroxylation is 2. The van der Waals surface area contributed by atoms with Crippen molar-refractivity contribution in [3.8, 4) is 0 Å². The minimum Gasteiger partial charge on any atom is -0.351 e. The summed E-state index contributed by atoms with van der Waals surface area (Å²) in [5, 5.41) is 2.70. The van der Waals surface area contributed by atoms with Crippen LogP contribution in [0.15, 0.2) is 47.6 Å². The van der Waals surface area contributed by atoms with Gasteiger partial charge in [-0.05, 0) is 55.3 Å². The third-order valence-corrected chi connectivity index (χ3v) is 5.63. The molecule has 3 N–H and O–H groups in total. The van der Waals surface area contributed by atoms with Crippen LogP contribution in [0.2, 0.25) is 0 Å². The van der Waals surface area contributed by atoms with Crippen LogP contribution >= 0.6 is 0 Å². The smallest absolute Gasteiger partial charge is 0.251 e. The molecule has 26 heavy (non-hydrogen) atoms. The average Bonchev–Trinajstić information content (AvgIpc) is 3.08. The third kappa shape index (κ3) is 3.92. The molecule has 0 fully saturated rings. The Kier molecular flexibility index (Phi) is 5.06. The van der Waals surface area contributed by atoms with Gasteiger partial charge in [-0.2, -0.15) is 0 Å². The number of imidazole rings is 1. The number of benzene rings is 2. The van der Waals surface area contributed by atoms with Crippen molar-refractivity contribution in [1.82, 2.24) is 20.0 Å². The van der Waals surface area contributed by atoms with Crippen molar-refractivity contribution in [3.63, 3.8) is 0 Å². The molecule has 3 aromatic rings. The van der Waals surface area contributed by atoms with E-state index in [1.807, 2.05) is 13.8 Å². The van der Waals surface area contributed by atoms with E-state index < -0.39 is 10.0 Å². The lowest BCUT2D eigenvalue weighted by Gasteiger charge is -2.09. The molecule has 2 aromatic carbocycles. The predicted molar refractivity (Wildman–Crippen MR) is 99.5 cm³/mol. The molecule has 136 valence electrons. The molecule has 0 bridgehead atoms. The number of aromatic amines is 1.